The highest BCUT2D eigenvalue weighted by atomic mass is 35.5. The Hall–Kier alpha value is -2.25. The van der Waals surface area contributed by atoms with Crippen LogP contribution in [0.15, 0.2) is 30.3 Å². The first-order valence-corrected chi connectivity index (χ1v) is 8.51. The zero-order chi connectivity index (χ0) is 18.4. The average molecular weight is 384 g/mol. The van der Waals surface area contributed by atoms with Crippen LogP contribution in [0.3, 0.4) is 0 Å². The molecule has 1 heterocycles. The summed E-state index contributed by atoms with van der Waals surface area (Å²) >= 11 is 7.05. The van der Waals surface area contributed by atoms with Crippen molar-refractivity contribution in [2.75, 3.05) is 6.61 Å². The molecule has 1 amide bonds. The monoisotopic (exact) mass is 383 g/mol. The molecule has 2 rings (SSSR count). The van der Waals surface area contributed by atoms with Gasteiger partial charge in [-0.3, -0.25) is 14.4 Å². The zero-order valence-electron chi connectivity index (χ0n) is 13.3. The molecule has 1 aromatic heterocycles. The van der Waals surface area contributed by atoms with E-state index in [1.54, 1.807) is 12.1 Å². The number of ketones is 1. The Balaban J connectivity index is 1.87. The molecular weight excluding hydrogens is 369 g/mol. The minimum absolute atomic E-state index is 0.0373. The number of nitrogens with one attached hydrogen (secondary N) is 1. The van der Waals surface area contributed by atoms with Crippen LogP contribution in [-0.4, -0.2) is 24.3 Å². The quantitative estimate of drug-likeness (QED) is 0.589. The number of hydrogen-bond acceptors (Lipinski definition) is 5. The van der Waals surface area contributed by atoms with Crippen molar-refractivity contribution in [1.82, 2.24) is 5.32 Å². The fourth-order valence-corrected chi connectivity index (χ4v) is 3.05. The topological polar surface area (TPSA) is 72.5 Å². The van der Waals surface area contributed by atoms with Crippen molar-refractivity contribution >= 4 is 40.6 Å². The number of carbonyl (C=O) groups excluding carboxylic acids is 3. The molecule has 1 aromatic carbocycles. The molecular formula is C17H15ClFNO4S. The normalized spacial score (nSPS) is 10.4. The number of amides is 1. The van der Waals surface area contributed by atoms with E-state index < -0.39 is 18.4 Å². The maximum absolute atomic E-state index is 13.6. The Kier molecular flexibility index (Phi) is 6.66. The van der Waals surface area contributed by atoms with E-state index in [1.807, 2.05) is 0 Å². The molecule has 2 aromatic rings. The Morgan fingerprint density at radius 1 is 1.24 bits per heavy atom. The Morgan fingerprint density at radius 2 is 2.00 bits per heavy atom. The Bertz CT molecular complexity index is 785. The predicted octanol–water partition coefficient (Wildman–Crippen LogP) is 3.15. The molecule has 0 aliphatic carbocycles. The molecule has 5 nitrogen and oxygen atoms in total. The SMILES string of the molecule is CC(=O)NCc1ccc(C(=O)COC(=O)Cc2c(F)cccc2Cl)s1. The summed E-state index contributed by atoms with van der Waals surface area (Å²) in [5.41, 5.74) is 0.0373. The van der Waals surface area contributed by atoms with Crippen LogP contribution < -0.4 is 5.32 Å². The number of esters is 1. The molecule has 132 valence electrons. The predicted molar refractivity (Wildman–Crippen MR) is 92.2 cm³/mol. The van der Waals surface area contributed by atoms with Gasteiger partial charge < -0.3 is 10.1 Å². The molecule has 0 saturated heterocycles. The van der Waals surface area contributed by atoms with Crippen molar-refractivity contribution in [1.29, 1.82) is 0 Å². The van der Waals surface area contributed by atoms with Crippen molar-refractivity contribution in [2.45, 2.75) is 19.9 Å². The number of ether oxygens (including phenoxy) is 1. The Morgan fingerprint density at radius 3 is 2.68 bits per heavy atom. The van der Waals surface area contributed by atoms with Crippen LogP contribution >= 0.6 is 22.9 Å². The summed E-state index contributed by atoms with van der Waals surface area (Å²) in [6.07, 6.45) is -0.350. The average Bonchev–Trinajstić information content (AvgIpc) is 3.03. The molecule has 0 aliphatic rings. The lowest BCUT2D eigenvalue weighted by atomic mass is 10.1. The number of benzene rings is 1. The van der Waals surface area contributed by atoms with Crippen molar-refractivity contribution in [3.05, 3.63) is 56.5 Å². The zero-order valence-corrected chi connectivity index (χ0v) is 14.9. The summed E-state index contributed by atoms with van der Waals surface area (Å²) in [4.78, 5) is 35.9. The van der Waals surface area contributed by atoms with Gasteiger partial charge in [0.2, 0.25) is 11.7 Å². The molecule has 0 bridgehead atoms. The van der Waals surface area contributed by atoms with Crippen LogP contribution in [0, 0.1) is 5.82 Å². The summed E-state index contributed by atoms with van der Waals surface area (Å²) < 4.78 is 18.5. The lowest BCUT2D eigenvalue weighted by molar-refractivity contribution is -0.141. The molecule has 0 unspecified atom stereocenters. The molecule has 0 radical (unpaired) electrons. The van der Waals surface area contributed by atoms with Crippen LogP contribution in [0.2, 0.25) is 5.02 Å². The van der Waals surface area contributed by atoms with Crippen LogP contribution in [-0.2, 0) is 27.3 Å². The van der Waals surface area contributed by atoms with Gasteiger partial charge in [-0.05, 0) is 24.3 Å². The number of carbonyl (C=O) groups is 3. The van der Waals surface area contributed by atoms with E-state index in [2.05, 4.69) is 5.32 Å². The maximum Gasteiger partial charge on any atom is 0.310 e. The van der Waals surface area contributed by atoms with Gasteiger partial charge in [-0.25, -0.2) is 4.39 Å². The first-order chi connectivity index (χ1) is 11.9. The third-order valence-corrected chi connectivity index (χ3v) is 4.68. The number of halogens is 2. The lowest BCUT2D eigenvalue weighted by Gasteiger charge is -2.06. The van der Waals surface area contributed by atoms with E-state index in [9.17, 15) is 18.8 Å². The number of thiophene rings is 1. The van der Waals surface area contributed by atoms with Gasteiger partial charge in [0.25, 0.3) is 0 Å². The highest BCUT2D eigenvalue weighted by molar-refractivity contribution is 7.14. The molecule has 0 spiro atoms. The summed E-state index contributed by atoms with van der Waals surface area (Å²) in [6, 6.07) is 7.43. The highest BCUT2D eigenvalue weighted by Gasteiger charge is 2.16. The second-order valence-corrected chi connectivity index (χ2v) is 6.71. The van der Waals surface area contributed by atoms with E-state index >= 15 is 0 Å². The first-order valence-electron chi connectivity index (χ1n) is 7.31. The van der Waals surface area contributed by atoms with Crippen LogP contribution in [0.4, 0.5) is 4.39 Å². The van der Waals surface area contributed by atoms with E-state index in [4.69, 9.17) is 16.3 Å². The van der Waals surface area contributed by atoms with Crippen LogP contribution in [0.5, 0.6) is 0 Å². The van der Waals surface area contributed by atoms with Gasteiger partial charge in [-0.1, -0.05) is 17.7 Å². The molecule has 0 aliphatic heterocycles. The summed E-state index contributed by atoms with van der Waals surface area (Å²) in [6.45, 7) is 1.30. The van der Waals surface area contributed by atoms with Gasteiger partial charge in [0.15, 0.2) is 6.61 Å². The summed E-state index contributed by atoms with van der Waals surface area (Å²) in [5, 5.41) is 2.76. The molecule has 0 atom stereocenters. The minimum atomic E-state index is -0.740. The first kappa shape index (κ1) is 19.1. The van der Waals surface area contributed by atoms with Crippen molar-refractivity contribution in [3.63, 3.8) is 0 Å². The fourth-order valence-electron chi connectivity index (χ4n) is 1.95. The van der Waals surface area contributed by atoms with Crippen LogP contribution in [0.25, 0.3) is 0 Å². The van der Waals surface area contributed by atoms with Crippen molar-refractivity contribution in [2.24, 2.45) is 0 Å². The Labute approximate surface area is 152 Å². The largest absolute Gasteiger partial charge is 0.457 e. The third-order valence-electron chi connectivity index (χ3n) is 3.20. The van der Waals surface area contributed by atoms with E-state index in [0.717, 1.165) is 4.88 Å². The molecule has 1 N–H and O–H groups in total. The third kappa shape index (κ3) is 5.65. The molecule has 0 fully saturated rings. The number of Topliss-reactive ketones (excluding diaryl/α,β-unsaturated/α-hetero) is 1. The standard InChI is InChI=1S/C17H15ClFNO4S/c1-10(21)20-8-11-5-6-16(25-11)15(22)9-24-17(23)7-12-13(18)3-2-4-14(12)19/h2-6H,7-9H2,1H3,(H,20,21). The minimum Gasteiger partial charge on any atom is -0.457 e. The van der Waals surface area contributed by atoms with E-state index in [-0.39, 0.29) is 28.7 Å². The maximum atomic E-state index is 13.6. The van der Waals surface area contributed by atoms with Crippen LogP contribution in [0.1, 0.15) is 27.0 Å². The molecule has 0 saturated carbocycles. The second kappa shape index (κ2) is 8.73. The number of hydrogen-bond donors (Lipinski definition) is 1. The van der Waals surface area contributed by atoms with Crippen molar-refractivity contribution < 1.29 is 23.5 Å². The second-order valence-electron chi connectivity index (χ2n) is 5.14. The van der Waals surface area contributed by atoms with Gasteiger partial charge in [0, 0.05) is 22.4 Å². The van der Waals surface area contributed by atoms with Gasteiger partial charge in [0.05, 0.1) is 17.8 Å². The van der Waals surface area contributed by atoms with Gasteiger partial charge in [-0.15, -0.1) is 11.3 Å². The number of rotatable bonds is 7. The van der Waals surface area contributed by atoms with Gasteiger partial charge in [-0.2, -0.15) is 0 Å². The van der Waals surface area contributed by atoms with Gasteiger partial charge in [0.1, 0.15) is 5.82 Å². The highest BCUT2D eigenvalue weighted by Crippen LogP contribution is 2.20. The smallest absolute Gasteiger partial charge is 0.310 e. The molecule has 25 heavy (non-hydrogen) atoms. The molecule has 8 heteroatoms. The summed E-state index contributed by atoms with van der Waals surface area (Å²) in [5.74, 6) is -1.87. The van der Waals surface area contributed by atoms with E-state index in [0.29, 0.717) is 11.4 Å². The van der Waals surface area contributed by atoms with Crippen molar-refractivity contribution in [3.8, 4) is 0 Å². The van der Waals surface area contributed by atoms with Gasteiger partial charge >= 0.3 is 5.97 Å². The fraction of sp³-hybridized carbons (Fsp3) is 0.235. The van der Waals surface area contributed by atoms with E-state index in [1.165, 1.54) is 36.5 Å². The lowest BCUT2D eigenvalue weighted by Crippen LogP contribution is -2.18. The summed E-state index contributed by atoms with van der Waals surface area (Å²) in [7, 11) is 0.